The van der Waals surface area contributed by atoms with E-state index in [1.54, 1.807) is 0 Å². The lowest BCUT2D eigenvalue weighted by Gasteiger charge is -2.34. The zero-order valence-corrected chi connectivity index (χ0v) is 16.1. The predicted octanol–water partition coefficient (Wildman–Crippen LogP) is 0.954. The number of nitrogens with one attached hydrogen (secondary N) is 1. The molecule has 9 heteroatoms. The van der Waals surface area contributed by atoms with Crippen LogP contribution in [0.3, 0.4) is 0 Å². The van der Waals surface area contributed by atoms with E-state index < -0.39 is 10.0 Å². The Labute approximate surface area is 154 Å². The van der Waals surface area contributed by atoms with Gasteiger partial charge in [0.25, 0.3) is 0 Å². The van der Waals surface area contributed by atoms with Gasteiger partial charge >= 0.3 is 0 Å². The first-order valence-electron chi connectivity index (χ1n) is 9.15. The van der Waals surface area contributed by atoms with Crippen molar-refractivity contribution in [2.45, 2.75) is 50.6 Å². The largest absolute Gasteiger partial charge is 0.290 e. The van der Waals surface area contributed by atoms with Gasteiger partial charge in [0.2, 0.25) is 10.0 Å². The second-order valence-corrected chi connectivity index (χ2v) is 9.46. The van der Waals surface area contributed by atoms with Crippen LogP contribution in [-0.4, -0.2) is 51.2 Å². The van der Waals surface area contributed by atoms with Gasteiger partial charge in [-0.25, -0.2) is 13.1 Å². The lowest BCUT2D eigenvalue weighted by atomic mass is 10.1. The quantitative estimate of drug-likeness (QED) is 0.775. The summed E-state index contributed by atoms with van der Waals surface area (Å²) in [5, 5.41) is 8.72. The van der Waals surface area contributed by atoms with Crippen LogP contribution in [0.4, 0.5) is 0 Å². The van der Waals surface area contributed by atoms with Crippen molar-refractivity contribution in [2.24, 2.45) is 7.05 Å². The number of hydrogen-bond acceptors (Lipinski definition) is 5. The molecule has 0 saturated heterocycles. The molecule has 4 rings (SSSR count). The molecular formula is C17H26N6O2S. The fourth-order valence-electron chi connectivity index (χ4n) is 3.70. The Morgan fingerprint density at radius 2 is 2.15 bits per heavy atom. The molecule has 2 aliphatic rings. The van der Waals surface area contributed by atoms with Crippen molar-refractivity contribution in [2.75, 3.05) is 13.1 Å². The van der Waals surface area contributed by atoms with Gasteiger partial charge in [-0.1, -0.05) is 0 Å². The predicted molar refractivity (Wildman–Crippen MR) is 97.9 cm³/mol. The van der Waals surface area contributed by atoms with Crippen molar-refractivity contribution >= 4 is 10.0 Å². The van der Waals surface area contributed by atoms with Crippen molar-refractivity contribution in [3.05, 3.63) is 35.4 Å². The van der Waals surface area contributed by atoms with Crippen LogP contribution in [0.15, 0.2) is 18.3 Å². The number of aromatic nitrogens is 4. The fraction of sp³-hybridized carbons (Fsp3) is 0.647. The van der Waals surface area contributed by atoms with Gasteiger partial charge in [0.1, 0.15) is 0 Å². The zero-order chi connectivity index (χ0) is 18.3. The van der Waals surface area contributed by atoms with Crippen LogP contribution in [0.1, 0.15) is 42.4 Å². The van der Waals surface area contributed by atoms with Gasteiger partial charge in [-0.15, -0.1) is 0 Å². The maximum absolute atomic E-state index is 12.0. The number of sulfonamides is 1. The highest BCUT2D eigenvalue weighted by atomic mass is 32.2. The van der Waals surface area contributed by atoms with E-state index in [-0.39, 0.29) is 11.3 Å². The van der Waals surface area contributed by atoms with Crippen LogP contribution in [0.5, 0.6) is 0 Å². The molecule has 1 unspecified atom stereocenters. The molecule has 1 fully saturated rings. The summed E-state index contributed by atoms with van der Waals surface area (Å²) in [4.78, 5) is 2.38. The van der Waals surface area contributed by atoms with Crippen molar-refractivity contribution in [3.8, 4) is 0 Å². The van der Waals surface area contributed by atoms with Crippen molar-refractivity contribution in [3.63, 3.8) is 0 Å². The SMILES string of the molecule is Cc1cc(CN2Cc3ccnn3C(CCNS(=O)(=O)C3CC3)C2)n(C)n1. The minimum absolute atomic E-state index is 0.168. The molecule has 26 heavy (non-hydrogen) atoms. The van der Waals surface area contributed by atoms with E-state index in [1.807, 2.05) is 30.9 Å². The lowest BCUT2D eigenvalue weighted by Crippen LogP contribution is -2.39. The van der Waals surface area contributed by atoms with Gasteiger partial charge in [0, 0.05) is 39.4 Å². The first kappa shape index (κ1) is 17.7. The molecule has 2 aromatic rings. The molecule has 0 aromatic carbocycles. The Bertz CT molecular complexity index is 883. The van der Waals surface area contributed by atoms with Crippen LogP contribution >= 0.6 is 0 Å². The maximum Gasteiger partial charge on any atom is 0.214 e. The van der Waals surface area contributed by atoms with E-state index in [0.717, 1.165) is 44.6 Å². The van der Waals surface area contributed by atoms with E-state index in [2.05, 4.69) is 30.6 Å². The second-order valence-electron chi connectivity index (χ2n) is 7.42. The molecule has 0 amide bonds. The molecule has 142 valence electrons. The Balaban J connectivity index is 1.42. The second kappa shape index (κ2) is 6.79. The minimum atomic E-state index is -3.12. The number of hydrogen-bond donors (Lipinski definition) is 1. The highest BCUT2D eigenvalue weighted by Crippen LogP contribution is 2.28. The molecule has 3 heterocycles. The molecule has 0 radical (unpaired) electrons. The summed E-state index contributed by atoms with van der Waals surface area (Å²) in [6, 6.07) is 4.33. The average molecular weight is 379 g/mol. The Kier molecular flexibility index (Phi) is 4.62. The van der Waals surface area contributed by atoms with Gasteiger partial charge in [0.05, 0.1) is 28.4 Å². The maximum atomic E-state index is 12.0. The number of fused-ring (bicyclic) bond motifs is 1. The van der Waals surface area contributed by atoms with Gasteiger partial charge in [-0.05, 0) is 38.3 Å². The lowest BCUT2D eigenvalue weighted by molar-refractivity contribution is 0.158. The summed E-state index contributed by atoms with van der Waals surface area (Å²) in [5.41, 5.74) is 3.38. The van der Waals surface area contributed by atoms with E-state index >= 15 is 0 Å². The molecule has 0 spiro atoms. The molecule has 8 nitrogen and oxygen atoms in total. The monoisotopic (exact) mass is 378 g/mol. The third-order valence-corrected chi connectivity index (χ3v) is 7.14. The van der Waals surface area contributed by atoms with Crippen molar-refractivity contribution in [1.29, 1.82) is 0 Å². The van der Waals surface area contributed by atoms with Crippen molar-refractivity contribution < 1.29 is 8.42 Å². The van der Waals surface area contributed by atoms with Crippen LogP contribution < -0.4 is 4.72 Å². The summed E-state index contributed by atoms with van der Waals surface area (Å²) in [5.74, 6) is 0. The molecule has 1 saturated carbocycles. The smallest absolute Gasteiger partial charge is 0.214 e. The van der Waals surface area contributed by atoms with E-state index in [9.17, 15) is 8.42 Å². The number of nitrogens with zero attached hydrogens (tertiary/aromatic N) is 5. The first-order chi connectivity index (χ1) is 12.4. The zero-order valence-electron chi connectivity index (χ0n) is 15.3. The van der Waals surface area contributed by atoms with Gasteiger partial charge in [-0.2, -0.15) is 10.2 Å². The van der Waals surface area contributed by atoms with Gasteiger partial charge in [0.15, 0.2) is 0 Å². The first-order valence-corrected chi connectivity index (χ1v) is 10.7. The minimum Gasteiger partial charge on any atom is -0.290 e. The van der Waals surface area contributed by atoms with Gasteiger partial charge in [-0.3, -0.25) is 14.3 Å². The third kappa shape index (κ3) is 3.70. The van der Waals surface area contributed by atoms with E-state index in [4.69, 9.17) is 0 Å². The Hall–Kier alpha value is -1.71. The summed E-state index contributed by atoms with van der Waals surface area (Å²) >= 11 is 0. The number of aryl methyl sites for hydroxylation is 2. The summed E-state index contributed by atoms with van der Waals surface area (Å²) in [6.45, 7) is 4.98. The summed E-state index contributed by atoms with van der Waals surface area (Å²) in [6.07, 6.45) is 4.15. The molecular weight excluding hydrogens is 352 g/mol. The molecule has 0 bridgehead atoms. The highest BCUT2D eigenvalue weighted by Gasteiger charge is 2.35. The average Bonchev–Trinajstić information content (AvgIpc) is 3.26. The van der Waals surface area contributed by atoms with E-state index in [0.29, 0.717) is 6.54 Å². The van der Waals surface area contributed by atoms with E-state index in [1.165, 1.54) is 11.4 Å². The highest BCUT2D eigenvalue weighted by molar-refractivity contribution is 7.90. The summed E-state index contributed by atoms with van der Waals surface area (Å²) < 4.78 is 30.8. The summed E-state index contributed by atoms with van der Waals surface area (Å²) in [7, 11) is -1.15. The fourth-order valence-corrected chi connectivity index (χ4v) is 5.10. The van der Waals surface area contributed by atoms with Crippen molar-refractivity contribution in [1.82, 2.24) is 29.2 Å². The topological polar surface area (TPSA) is 85.0 Å². The molecule has 1 atom stereocenters. The van der Waals surface area contributed by atoms with Crippen LogP contribution in [0.2, 0.25) is 0 Å². The molecule has 1 aliphatic heterocycles. The molecule has 2 aromatic heterocycles. The van der Waals surface area contributed by atoms with Crippen LogP contribution in [0, 0.1) is 6.92 Å². The molecule has 1 aliphatic carbocycles. The van der Waals surface area contributed by atoms with Crippen LogP contribution in [-0.2, 0) is 30.2 Å². The Morgan fingerprint density at radius 3 is 2.85 bits per heavy atom. The third-order valence-electron chi connectivity index (χ3n) is 5.18. The number of rotatable bonds is 7. The molecule has 1 N–H and O–H groups in total. The van der Waals surface area contributed by atoms with Crippen LogP contribution in [0.25, 0.3) is 0 Å². The standard InChI is InChI=1S/C17H26N6O2S/c1-13-9-16(21(2)20-13)12-22-10-14-5-7-18-23(14)15(11-22)6-8-19-26(24,25)17-3-4-17/h5,7,9,15,17,19H,3-4,6,8,10-12H2,1-2H3. The Morgan fingerprint density at radius 1 is 1.35 bits per heavy atom. The normalized spacial score (nSPS) is 21.1. The van der Waals surface area contributed by atoms with Gasteiger partial charge < -0.3 is 0 Å².